The fourth-order valence-electron chi connectivity index (χ4n) is 3.85. The third-order valence-electron chi connectivity index (χ3n) is 5.45. The first-order valence-corrected chi connectivity index (χ1v) is 11.4. The third kappa shape index (κ3) is 4.28. The van der Waals surface area contributed by atoms with Gasteiger partial charge in [-0.3, -0.25) is 0 Å². The highest BCUT2D eigenvalue weighted by Gasteiger charge is 2.38. The molecule has 0 atom stereocenters. The molecule has 5 nitrogen and oxygen atoms in total. The van der Waals surface area contributed by atoms with Gasteiger partial charge in [0.2, 0.25) is 15.8 Å². The first-order valence-electron chi connectivity index (χ1n) is 9.55. The van der Waals surface area contributed by atoms with Gasteiger partial charge in [0.05, 0.1) is 21.0 Å². The molecule has 1 aliphatic heterocycles. The van der Waals surface area contributed by atoms with Crippen LogP contribution in [0.5, 0.6) is 0 Å². The molecule has 0 bridgehead atoms. The number of hydrogen-bond donors (Lipinski definition) is 0. The zero-order chi connectivity index (χ0) is 22.4. The Hall–Kier alpha value is -2.17. The first kappa shape index (κ1) is 22.0. The maximum atomic E-state index is 13.5. The number of halogens is 5. The van der Waals surface area contributed by atoms with E-state index in [-0.39, 0.29) is 41.0 Å². The van der Waals surface area contributed by atoms with Crippen molar-refractivity contribution in [1.82, 2.24) is 13.9 Å². The van der Waals surface area contributed by atoms with E-state index in [0.717, 1.165) is 18.2 Å². The number of hydrogen-bond acceptors (Lipinski definition) is 3. The van der Waals surface area contributed by atoms with Crippen LogP contribution >= 0.6 is 11.6 Å². The van der Waals surface area contributed by atoms with Gasteiger partial charge in [-0.25, -0.2) is 17.8 Å². The molecule has 0 unspecified atom stereocenters. The van der Waals surface area contributed by atoms with Gasteiger partial charge in [0.1, 0.15) is 5.82 Å². The summed E-state index contributed by atoms with van der Waals surface area (Å²) in [4.78, 5) is 3.63. The fraction of sp³-hybridized carbons (Fsp3) is 0.350. The lowest BCUT2D eigenvalue weighted by Crippen LogP contribution is -2.39. The molecule has 3 aromatic rings. The summed E-state index contributed by atoms with van der Waals surface area (Å²) in [6, 6.07) is 9.61. The molecule has 1 fully saturated rings. The summed E-state index contributed by atoms with van der Waals surface area (Å²) in [5.74, 6) is -1.82. The number of fused-ring (bicyclic) bond motifs is 1. The molecule has 2 heterocycles. The molecule has 0 amide bonds. The van der Waals surface area contributed by atoms with Crippen LogP contribution in [0.4, 0.5) is 17.6 Å². The van der Waals surface area contributed by atoms with Gasteiger partial charge in [-0.1, -0.05) is 23.7 Å². The lowest BCUT2D eigenvalue weighted by molar-refractivity contribution is -0.147. The summed E-state index contributed by atoms with van der Waals surface area (Å²) in [6.07, 6.45) is -3.82. The molecule has 0 N–H and O–H groups in total. The number of imidazole rings is 1. The molecule has 1 aliphatic rings. The standard InChI is InChI=1S/C20H18ClF4N3O2S/c21-15-11-14(5-6-16(15)22)31(29,30)27-9-7-13(8-10-27)12-28-18-4-2-1-3-17(18)26-19(28)20(23,24)25/h1-6,11,13H,7-10,12H2. The van der Waals surface area contributed by atoms with E-state index >= 15 is 0 Å². The minimum atomic E-state index is -4.59. The van der Waals surface area contributed by atoms with Crippen LogP contribution in [0, 0.1) is 11.7 Å². The highest BCUT2D eigenvalue weighted by Crippen LogP contribution is 2.34. The number of sulfonamides is 1. The smallest absolute Gasteiger partial charge is 0.320 e. The number of nitrogens with zero attached hydrogens (tertiary/aromatic N) is 3. The Balaban J connectivity index is 1.52. The number of aromatic nitrogens is 2. The van der Waals surface area contributed by atoms with E-state index in [9.17, 15) is 26.0 Å². The van der Waals surface area contributed by atoms with Crippen LogP contribution in [-0.4, -0.2) is 35.4 Å². The van der Waals surface area contributed by atoms with Crippen molar-refractivity contribution < 1.29 is 26.0 Å². The molecule has 11 heteroatoms. The molecule has 0 saturated carbocycles. The van der Waals surface area contributed by atoms with Crippen LogP contribution in [0.15, 0.2) is 47.4 Å². The zero-order valence-electron chi connectivity index (χ0n) is 16.1. The molecule has 4 rings (SSSR count). The van der Waals surface area contributed by atoms with Gasteiger partial charge in [-0.2, -0.15) is 17.5 Å². The molecular formula is C20H18ClF4N3O2S. The number of benzene rings is 2. The summed E-state index contributed by atoms with van der Waals surface area (Å²) in [5.41, 5.74) is 0.661. The molecule has 1 aromatic heterocycles. The van der Waals surface area contributed by atoms with Gasteiger partial charge in [0.25, 0.3) is 0 Å². The fourth-order valence-corrected chi connectivity index (χ4v) is 5.60. The largest absolute Gasteiger partial charge is 0.449 e. The van der Waals surface area contributed by atoms with Crippen LogP contribution in [0.25, 0.3) is 11.0 Å². The summed E-state index contributed by atoms with van der Waals surface area (Å²) in [7, 11) is -3.87. The summed E-state index contributed by atoms with van der Waals surface area (Å²) in [6.45, 7) is 0.386. The molecule has 0 aliphatic carbocycles. The molecule has 31 heavy (non-hydrogen) atoms. The van der Waals surface area contributed by atoms with Gasteiger partial charge >= 0.3 is 6.18 Å². The zero-order valence-corrected chi connectivity index (χ0v) is 17.7. The number of piperidine rings is 1. The average molecular weight is 476 g/mol. The van der Waals surface area contributed by atoms with Crippen molar-refractivity contribution in [3.05, 3.63) is 59.1 Å². The topological polar surface area (TPSA) is 55.2 Å². The van der Waals surface area contributed by atoms with E-state index in [2.05, 4.69) is 4.98 Å². The van der Waals surface area contributed by atoms with E-state index in [1.807, 2.05) is 0 Å². The monoisotopic (exact) mass is 475 g/mol. The first-order chi connectivity index (χ1) is 14.6. The molecule has 0 spiro atoms. The van der Waals surface area contributed by atoms with Gasteiger partial charge in [-0.15, -0.1) is 0 Å². The van der Waals surface area contributed by atoms with E-state index < -0.39 is 27.8 Å². The normalized spacial score (nSPS) is 16.8. The van der Waals surface area contributed by atoms with Crippen molar-refractivity contribution in [2.75, 3.05) is 13.1 Å². The van der Waals surface area contributed by atoms with Crippen LogP contribution in [0.1, 0.15) is 18.7 Å². The van der Waals surface area contributed by atoms with Crippen LogP contribution in [0.3, 0.4) is 0 Å². The highest BCUT2D eigenvalue weighted by atomic mass is 35.5. The second-order valence-electron chi connectivity index (χ2n) is 7.46. The van der Waals surface area contributed by atoms with E-state index in [1.165, 1.54) is 14.9 Å². The second kappa shape index (κ2) is 8.07. The van der Waals surface area contributed by atoms with Crippen molar-refractivity contribution >= 4 is 32.7 Å². The van der Waals surface area contributed by atoms with Crippen molar-refractivity contribution in [2.24, 2.45) is 5.92 Å². The molecule has 2 aromatic carbocycles. The van der Waals surface area contributed by atoms with E-state index in [1.54, 1.807) is 18.2 Å². The average Bonchev–Trinajstić information content (AvgIpc) is 3.09. The Labute approximate surface area is 181 Å². The van der Waals surface area contributed by atoms with Crippen LogP contribution in [-0.2, 0) is 22.7 Å². The number of alkyl halides is 3. The Morgan fingerprint density at radius 1 is 1.10 bits per heavy atom. The highest BCUT2D eigenvalue weighted by molar-refractivity contribution is 7.89. The minimum absolute atomic E-state index is 0.0889. The van der Waals surface area contributed by atoms with Crippen molar-refractivity contribution in [2.45, 2.75) is 30.5 Å². The van der Waals surface area contributed by atoms with Gasteiger partial charge in [0, 0.05) is 19.6 Å². The lowest BCUT2D eigenvalue weighted by atomic mass is 9.98. The Morgan fingerprint density at radius 3 is 2.42 bits per heavy atom. The summed E-state index contributed by atoms with van der Waals surface area (Å²) < 4.78 is 81.9. The molecule has 0 radical (unpaired) electrons. The Morgan fingerprint density at radius 2 is 1.77 bits per heavy atom. The predicted octanol–water partition coefficient (Wildman–Crippen LogP) is 4.95. The Kier molecular flexibility index (Phi) is 5.74. The quantitative estimate of drug-likeness (QED) is 0.502. The van der Waals surface area contributed by atoms with Gasteiger partial charge in [0.15, 0.2) is 0 Å². The Bertz CT molecular complexity index is 1220. The molecule has 166 valence electrons. The minimum Gasteiger partial charge on any atom is -0.320 e. The number of para-hydroxylation sites is 2. The predicted molar refractivity (Wildman–Crippen MR) is 108 cm³/mol. The second-order valence-corrected chi connectivity index (χ2v) is 9.80. The SMILES string of the molecule is O=S(=O)(c1ccc(F)c(Cl)c1)N1CCC(Cn2c(C(F)(F)F)nc3ccccc32)CC1. The van der Waals surface area contributed by atoms with Crippen molar-refractivity contribution in [3.8, 4) is 0 Å². The van der Waals surface area contributed by atoms with Crippen molar-refractivity contribution in [1.29, 1.82) is 0 Å². The molecular weight excluding hydrogens is 458 g/mol. The van der Waals surface area contributed by atoms with E-state index in [0.29, 0.717) is 18.4 Å². The summed E-state index contributed by atoms with van der Waals surface area (Å²) in [5, 5.41) is -0.289. The molecule has 1 saturated heterocycles. The van der Waals surface area contributed by atoms with E-state index in [4.69, 9.17) is 11.6 Å². The van der Waals surface area contributed by atoms with Gasteiger partial charge < -0.3 is 4.57 Å². The maximum Gasteiger partial charge on any atom is 0.449 e. The van der Waals surface area contributed by atoms with Crippen LogP contribution in [0.2, 0.25) is 5.02 Å². The summed E-state index contributed by atoms with van der Waals surface area (Å²) >= 11 is 5.70. The maximum absolute atomic E-state index is 13.5. The van der Waals surface area contributed by atoms with Gasteiger partial charge in [-0.05, 0) is 49.1 Å². The lowest BCUT2D eigenvalue weighted by Gasteiger charge is -2.31. The van der Waals surface area contributed by atoms with Crippen molar-refractivity contribution in [3.63, 3.8) is 0 Å². The van der Waals surface area contributed by atoms with Crippen LogP contribution < -0.4 is 0 Å². The number of rotatable bonds is 4. The third-order valence-corrected chi connectivity index (χ3v) is 7.64.